The van der Waals surface area contributed by atoms with Gasteiger partial charge < -0.3 is 5.73 Å². The lowest BCUT2D eigenvalue weighted by Crippen LogP contribution is -2.19. The maximum absolute atomic E-state index is 11.8. The first-order valence-corrected chi connectivity index (χ1v) is 4.02. The maximum atomic E-state index is 11.8. The summed E-state index contributed by atoms with van der Waals surface area (Å²) in [7, 11) is 0. The molecular weight excluding hydrogens is 286 g/mol. The number of hydrogen-bond acceptors (Lipinski definition) is 2. The zero-order valence-electron chi connectivity index (χ0n) is 5.77. The first-order chi connectivity index (χ1) is 5.38. The van der Waals surface area contributed by atoms with Crippen molar-refractivity contribution < 1.29 is 13.2 Å². The summed E-state index contributed by atoms with van der Waals surface area (Å²) in [5.41, 5.74) is 5.24. The highest BCUT2D eigenvalue weighted by molar-refractivity contribution is 14.1. The number of halogens is 4. The van der Waals surface area contributed by atoms with Crippen LogP contribution in [0.15, 0.2) is 6.07 Å². The third-order valence-corrected chi connectivity index (χ3v) is 1.64. The van der Waals surface area contributed by atoms with Crippen molar-refractivity contribution in [2.24, 2.45) is 0 Å². The van der Waals surface area contributed by atoms with E-state index in [0.717, 1.165) is 4.68 Å². The molecule has 1 aromatic heterocycles. The van der Waals surface area contributed by atoms with Gasteiger partial charge in [0, 0.05) is 6.07 Å². The SMILES string of the molecule is Nc1cc(I)nn1CC(F)(F)F. The number of hydrogen-bond donors (Lipinski definition) is 1. The first-order valence-electron chi connectivity index (χ1n) is 2.94. The maximum Gasteiger partial charge on any atom is 0.408 e. The molecule has 12 heavy (non-hydrogen) atoms. The van der Waals surface area contributed by atoms with Crippen LogP contribution >= 0.6 is 22.6 Å². The van der Waals surface area contributed by atoms with Gasteiger partial charge in [-0.1, -0.05) is 0 Å². The molecule has 0 radical (unpaired) electrons. The molecule has 0 fully saturated rings. The van der Waals surface area contributed by atoms with Gasteiger partial charge in [-0.25, -0.2) is 4.68 Å². The fourth-order valence-electron chi connectivity index (χ4n) is 0.695. The van der Waals surface area contributed by atoms with Gasteiger partial charge in [-0.05, 0) is 22.6 Å². The van der Waals surface area contributed by atoms with E-state index in [1.165, 1.54) is 6.07 Å². The Balaban J connectivity index is 2.82. The van der Waals surface area contributed by atoms with Crippen molar-refractivity contribution in [1.82, 2.24) is 9.78 Å². The summed E-state index contributed by atoms with van der Waals surface area (Å²) in [6.07, 6.45) is -4.27. The molecule has 1 aromatic rings. The molecule has 0 aromatic carbocycles. The zero-order valence-corrected chi connectivity index (χ0v) is 7.93. The molecule has 3 nitrogen and oxygen atoms in total. The Labute approximate surface area is 79.9 Å². The van der Waals surface area contributed by atoms with Gasteiger partial charge in [0.25, 0.3) is 0 Å². The number of nitrogens with zero attached hydrogens (tertiary/aromatic N) is 2. The predicted molar refractivity (Wildman–Crippen MR) is 45.4 cm³/mol. The Hall–Kier alpha value is -0.470. The lowest BCUT2D eigenvalue weighted by atomic mass is 10.6. The molecule has 0 aliphatic heterocycles. The average molecular weight is 291 g/mol. The van der Waals surface area contributed by atoms with Crippen LogP contribution < -0.4 is 5.73 Å². The van der Waals surface area contributed by atoms with E-state index in [2.05, 4.69) is 5.10 Å². The molecule has 0 atom stereocenters. The van der Waals surface area contributed by atoms with Crippen molar-refractivity contribution in [1.29, 1.82) is 0 Å². The van der Waals surface area contributed by atoms with Crippen molar-refractivity contribution in [2.45, 2.75) is 12.7 Å². The molecule has 1 heterocycles. The minimum atomic E-state index is -4.27. The van der Waals surface area contributed by atoms with Crippen LogP contribution in [-0.2, 0) is 6.54 Å². The first kappa shape index (κ1) is 9.62. The van der Waals surface area contributed by atoms with Crippen LogP contribution in [0.5, 0.6) is 0 Å². The number of nitrogen functional groups attached to an aromatic ring is 1. The van der Waals surface area contributed by atoms with Crippen molar-refractivity contribution >= 4 is 28.4 Å². The predicted octanol–water partition coefficient (Wildman–Crippen LogP) is 1.63. The Morgan fingerprint density at radius 3 is 2.50 bits per heavy atom. The monoisotopic (exact) mass is 291 g/mol. The van der Waals surface area contributed by atoms with Crippen LogP contribution in [0, 0.1) is 3.70 Å². The largest absolute Gasteiger partial charge is 0.408 e. The summed E-state index contributed by atoms with van der Waals surface area (Å²) in [5.74, 6) is 0.0247. The van der Waals surface area contributed by atoms with Gasteiger partial charge in [0.2, 0.25) is 0 Å². The van der Waals surface area contributed by atoms with Crippen LogP contribution in [-0.4, -0.2) is 16.0 Å². The highest BCUT2D eigenvalue weighted by Gasteiger charge is 2.29. The molecule has 1 rings (SSSR count). The summed E-state index contributed by atoms with van der Waals surface area (Å²) in [5, 5.41) is 3.55. The van der Waals surface area contributed by atoms with Crippen molar-refractivity contribution in [3.8, 4) is 0 Å². The number of aromatic nitrogens is 2. The number of alkyl halides is 3. The van der Waals surface area contributed by atoms with Crippen molar-refractivity contribution in [2.75, 3.05) is 5.73 Å². The third kappa shape index (κ3) is 2.54. The Kier molecular flexibility index (Phi) is 2.49. The van der Waals surface area contributed by atoms with Crippen LogP contribution in [0.2, 0.25) is 0 Å². The van der Waals surface area contributed by atoms with Crippen molar-refractivity contribution in [3.05, 3.63) is 9.77 Å². The molecule has 0 saturated carbocycles. The molecule has 0 saturated heterocycles. The van der Waals surface area contributed by atoms with Gasteiger partial charge in [-0.3, -0.25) is 0 Å². The Bertz CT molecular complexity index is 280. The topological polar surface area (TPSA) is 43.8 Å². The average Bonchev–Trinajstić information content (AvgIpc) is 2.06. The molecule has 0 bridgehead atoms. The highest BCUT2D eigenvalue weighted by atomic mass is 127. The van der Waals surface area contributed by atoms with Gasteiger partial charge in [0.05, 0.1) is 0 Å². The zero-order chi connectivity index (χ0) is 9.35. The van der Waals surface area contributed by atoms with E-state index in [4.69, 9.17) is 5.73 Å². The minimum absolute atomic E-state index is 0.0247. The lowest BCUT2D eigenvalue weighted by Gasteiger charge is -2.06. The van der Waals surface area contributed by atoms with E-state index < -0.39 is 12.7 Å². The van der Waals surface area contributed by atoms with E-state index in [1.54, 1.807) is 22.6 Å². The smallest absolute Gasteiger partial charge is 0.384 e. The normalized spacial score (nSPS) is 12.0. The molecule has 0 aliphatic rings. The number of anilines is 1. The standard InChI is InChI=1S/C5H5F3IN3/c6-5(7,8)2-12-4(10)1-3(9)11-12/h1H,2,10H2. The molecule has 0 spiro atoms. The van der Waals surface area contributed by atoms with E-state index >= 15 is 0 Å². The third-order valence-electron chi connectivity index (χ3n) is 1.11. The summed E-state index contributed by atoms with van der Waals surface area (Å²) in [6.45, 7) is -1.14. The van der Waals surface area contributed by atoms with Crippen molar-refractivity contribution in [3.63, 3.8) is 0 Å². The van der Waals surface area contributed by atoms with E-state index in [0.29, 0.717) is 3.70 Å². The fourth-order valence-corrected chi connectivity index (χ4v) is 1.27. The minimum Gasteiger partial charge on any atom is -0.384 e. The fraction of sp³-hybridized carbons (Fsp3) is 0.400. The van der Waals surface area contributed by atoms with Gasteiger partial charge in [-0.15, -0.1) is 0 Å². The second kappa shape index (κ2) is 3.11. The quantitative estimate of drug-likeness (QED) is 0.799. The molecule has 2 N–H and O–H groups in total. The van der Waals surface area contributed by atoms with Gasteiger partial charge in [-0.2, -0.15) is 18.3 Å². The molecule has 0 amide bonds. The lowest BCUT2D eigenvalue weighted by molar-refractivity contribution is -0.142. The summed E-state index contributed by atoms with van der Waals surface area (Å²) in [6, 6.07) is 1.38. The van der Waals surface area contributed by atoms with Crippen LogP contribution in [0.3, 0.4) is 0 Å². The Morgan fingerprint density at radius 2 is 2.17 bits per heavy atom. The summed E-state index contributed by atoms with van der Waals surface area (Å²) < 4.78 is 36.6. The molecule has 7 heteroatoms. The van der Waals surface area contributed by atoms with E-state index in [-0.39, 0.29) is 5.82 Å². The van der Waals surface area contributed by atoms with Crippen LogP contribution in [0.25, 0.3) is 0 Å². The van der Waals surface area contributed by atoms with Crippen LogP contribution in [0.4, 0.5) is 19.0 Å². The van der Waals surface area contributed by atoms with Gasteiger partial charge >= 0.3 is 6.18 Å². The van der Waals surface area contributed by atoms with Gasteiger partial charge in [0.15, 0.2) is 0 Å². The second-order valence-electron chi connectivity index (χ2n) is 2.16. The molecule has 68 valence electrons. The second-order valence-corrected chi connectivity index (χ2v) is 3.27. The number of rotatable bonds is 1. The van der Waals surface area contributed by atoms with E-state index in [1.807, 2.05) is 0 Å². The Morgan fingerprint density at radius 1 is 1.58 bits per heavy atom. The number of nitrogens with two attached hydrogens (primary N) is 1. The molecule has 0 unspecified atom stereocenters. The van der Waals surface area contributed by atoms with Crippen LogP contribution in [0.1, 0.15) is 0 Å². The molecule has 0 aliphatic carbocycles. The highest BCUT2D eigenvalue weighted by Crippen LogP contribution is 2.19. The van der Waals surface area contributed by atoms with E-state index in [9.17, 15) is 13.2 Å². The molecular formula is C5H5F3IN3. The summed E-state index contributed by atoms with van der Waals surface area (Å²) in [4.78, 5) is 0. The van der Waals surface area contributed by atoms with Gasteiger partial charge in [0.1, 0.15) is 16.1 Å². The summed E-state index contributed by atoms with van der Waals surface area (Å²) >= 11 is 1.80.